The van der Waals surface area contributed by atoms with E-state index in [1.165, 1.54) is 0 Å². The fourth-order valence-electron chi connectivity index (χ4n) is 2.85. The molecule has 0 spiro atoms. The highest BCUT2D eigenvalue weighted by Crippen LogP contribution is 2.37. The second-order valence-electron chi connectivity index (χ2n) is 6.66. The van der Waals surface area contributed by atoms with Crippen LogP contribution in [0.2, 0.25) is 10.0 Å². The first kappa shape index (κ1) is 18.9. The number of hydrogen-bond acceptors (Lipinski definition) is 9. The number of esters is 1. The van der Waals surface area contributed by atoms with Gasteiger partial charge in [0.05, 0.1) is 27.6 Å². The number of halogens is 2. The SMILES string of the molecule is [2H]c1c([2H])c([2H])c(Nc2c(Cl)cc(O)cc2Cl)c(CC(=O)OC2OC(C(=O)O)C(O)C(O)C2O)c1[2H]. The Bertz CT molecular complexity index is 1200. The lowest BCUT2D eigenvalue weighted by Crippen LogP contribution is -2.60. The Hall–Kier alpha value is -2.60. The molecule has 6 N–H and O–H groups in total. The molecule has 1 fully saturated rings. The van der Waals surface area contributed by atoms with E-state index < -0.39 is 73.2 Å². The Kier molecular flexibility index (Phi) is 5.86. The van der Waals surface area contributed by atoms with E-state index in [4.69, 9.17) is 43.3 Å². The number of carboxylic acids is 1. The van der Waals surface area contributed by atoms with E-state index in [-0.39, 0.29) is 32.7 Å². The standard InChI is InChI=1S/C20H19Cl2NO9/c21-10-6-9(24)7-11(22)14(10)23-12-4-2-1-3-8(12)5-13(25)31-20-17(28)15(26)16(27)18(32-20)19(29)30/h1-4,6-7,15-18,20,23-24,26-28H,5H2,(H,29,30)/i1D,2D,3D,4D. The second-order valence-corrected chi connectivity index (χ2v) is 7.48. The molecule has 12 heteroatoms. The Balaban J connectivity index is 1.95. The number of phenols is 1. The van der Waals surface area contributed by atoms with E-state index in [1.54, 1.807) is 0 Å². The number of carbonyl (C=O) groups is 2. The molecule has 0 aromatic heterocycles. The molecule has 1 aliphatic heterocycles. The maximum Gasteiger partial charge on any atom is 0.335 e. The number of carbonyl (C=O) groups excluding carboxylic acids is 1. The third-order valence-electron chi connectivity index (χ3n) is 4.42. The van der Waals surface area contributed by atoms with E-state index in [9.17, 15) is 30.0 Å². The number of aliphatic hydroxyl groups is 3. The number of ether oxygens (including phenoxy) is 2. The number of benzene rings is 2. The predicted octanol–water partition coefficient (Wildman–Crippen LogP) is 1.42. The van der Waals surface area contributed by atoms with E-state index >= 15 is 0 Å². The van der Waals surface area contributed by atoms with Crippen LogP contribution in [0.5, 0.6) is 5.75 Å². The molecule has 1 saturated heterocycles. The monoisotopic (exact) mass is 491 g/mol. The van der Waals surface area contributed by atoms with Crippen molar-refractivity contribution in [3.63, 3.8) is 0 Å². The van der Waals surface area contributed by atoms with Crippen LogP contribution >= 0.6 is 23.2 Å². The fraction of sp³-hybridized carbons (Fsp3) is 0.300. The van der Waals surface area contributed by atoms with Gasteiger partial charge in [0.2, 0.25) is 6.29 Å². The molecular weight excluding hydrogens is 469 g/mol. The van der Waals surface area contributed by atoms with E-state index in [2.05, 4.69) is 5.32 Å². The summed E-state index contributed by atoms with van der Waals surface area (Å²) >= 11 is 12.2. The minimum atomic E-state index is -2.03. The van der Waals surface area contributed by atoms with Crippen LogP contribution in [0.1, 0.15) is 11.0 Å². The zero-order valence-corrected chi connectivity index (χ0v) is 17.4. The van der Waals surface area contributed by atoms with E-state index in [1.807, 2.05) is 0 Å². The summed E-state index contributed by atoms with van der Waals surface area (Å²) in [7, 11) is 0. The molecule has 1 aliphatic rings. The van der Waals surface area contributed by atoms with Crippen LogP contribution in [0, 0.1) is 0 Å². The normalized spacial score (nSPS) is 27.0. The van der Waals surface area contributed by atoms with Gasteiger partial charge in [-0.3, -0.25) is 4.79 Å². The summed E-state index contributed by atoms with van der Waals surface area (Å²) in [4.78, 5) is 23.9. The van der Waals surface area contributed by atoms with Crippen molar-refractivity contribution >= 4 is 46.5 Å². The third kappa shape index (κ3) is 5.23. The maximum atomic E-state index is 12.7. The van der Waals surface area contributed by atoms with Crippen molar-refractivity contribution in [1.82, 2.24) is 0 Å². The van der Waals surface area contributed by atoms with Gasteiger partial charge in [0, 0.05) is 17.8 Å². The lowest BCUT2D eigenvalue weighted by atomic mass is 9.99. The van der Waals surface area contributed by atoms with Gasteiger partial charge in [-0.1, -0.05) is 41.3 Å². The number of phenolic OH excluding ortho intramolecular Hbond substituents is 1. The first-order chi connectivity index (χ1) is 16.7. The van der Waals surface area contributed by atoms with Gasteiger partial charge >= 0.3 is 11.9 Å². The molecule has 0 saturated carbocycles. The summed E-state index contributed by atoms with van der Waals surface area (Å²) < 4.78 is 42.1. The van der Waals surface area contributed by atoms with Gasteiger partial charge in [0.1, 0.15) is 24.1 Å². The molecular formula is C20H19Cl2NO9. The molecule has 3 rings (SSSR count). The number of para-hydroxylation sites is 1. The van der Waals surface area contributed by atoms with Crippen molar-refractivity contribution in [3.8, 4) is 5.75 Å². The quantitative estimate of drug-likeness (QED) is 0.257. The molecule has 10 nitrogen and oxygen atoms in total. The van der Waals surface area contributed by atoms with Crippen LogP contribution in [0.25, 0.3) is 0 Å². The van der Waals surface area contributed by atoms with Crippen molar-refractivity contribution in [2.75, 3.05) is 5.32 Å². The highest BCUT2D eigenvalue weighted by molar-refractivity contribution is 6.39. The van der Waals surface area contributed by atoms with E-state index in [0.29, 0.717) is 0 Å². The summed E-state index contributed by atoms with van der Waals surface area (Å²) in [6, 6.07) is -0.332. The predicted molar refractivity (Wildman–Crippen MR) is 112 cm³/mol. The summed E-state index contributed by atoms with van der Waals surface area (Å²) in [6.45, 7) is 0. The highest BCUT2D eigenvalue weighted by atomic mass is 35.5. The fourth-order valence-corrected chi connectivity index (χ4v) is 3.42. The van der Waals surface area contributed by atoms with Crippen molar-refractivity contribution in [3.05, 3.63) is 51.9 Å². The van der Waals surface area contributed by atoms with Crippen LogP contribution in [0.4, 0.5) is 11.4 Å². The molecule has 0 aliphatic carbocycles. The van der Waals surface area contributed by atoms with Crippen LogP contribution < -0.4 is 5.32 Å². The van der Waals surface area contributed by atoms with Gasteiger partial charge in [-0.15, -0.1) is 0 Å². The highest BCUT2D eigenvalue weighted by Gasteiger charge is 2.48. The summed E-state index contributed by atoms with van der Waals surface area (Å²) in [5, 5.41) is 50.8. The molecule has 5 unspecified atom stereocenters. The summed E-state index contributed by atoms with van der Waals surface area (Å²) in [5.41, 5.74) is -0.661. The number of carboxylic acid groups (broad SMARTS) is 1. The molecule has 32 heavy (non-hydrogen) atoms. The lowest BCUT2D eigenvalue weighted by molar-refractivity contribution is -0.286. The van der Waals surface area contributed by atoms with Crippen molar-refractivity contribution in [2.45, 2.75) is 37.1 Å². The largest absolute Gasteiger partial charge is 0.508 e. The van der Waals surface area contributed by atoms with Crippen molar-refractivity contribution in [2.24, 2.45) is 0 Å². The first-order valence-electron chi connectivity index (χ1n) is 10.9. The molecule has 5 atom stereocenters. The van der Waals surface area contributed by atoms with Gasteiger partial charge in [-0.05, 0) is 11.6 Å². The third-order valence-corrected chi connectivity index (χ3v) is 5.02. The zero-order chi connectivity index (χ0) is 27.1. The molecule has 1 heterocycles. The average molecular weight is 492 g/mol. The Morgan fingerprint density at radius 1 is 1.09 bits per heavy atom. The summed E-state index contributed by atoms with van der Waals surface area (Å²) in [6.07, 6.45) is -10.9. The van der Waals surface area contributed by atoms with Gasteiger partial charge in [-0.25, -0.2) is 4.79 Å². The van der Waals surface area contributed by atoms with Crippen molar-refractivity contribution < 1.29 is 50.1 Å². The average Bonchev–Trinajstić information content (AvgIpc) is 2.80. The molecule has 0 amide bonds. The lowest BCUT2D eigenvalue weighted by Gasteiger charge is -2.37. The number of rotatable bonds is 6. The molecule has 2 aromatic carbocycles. The number of hydrogen-bond donors (Lipinski definition) is 6. The zero-order valence-electron chi connectivity index (χ0n) is 19.9. The molecule has 2 aromatic rings. The minimum absolute atomic E-state index is 0.0387. The number of aliphatic carboxylic acids is 1. The van der Waals surface area contributed by atoms with Gasteiger partial charge in [-0.2, -0.15) is 0 Å². The number of anilines is 2. The smallest absolute Gasteiger partial charge is 0.335 e. The van der Waals surface area contributed by atoms with Crippen LogP contribution in [0.3, 0.4) is 0 Å². The Morgan fingerprint density at radius 3 is 2.34 bits per heavy atom. The Labute approximate surface area is 197 Å². The van der Waals surface area contributed by atoms with Gasteiger partial charge in [0.25, 0.3) is 0 Å². The van der Waals surface area contributed by atoms with Gasteiger partial charge < -0.3 is 40.3 Å². The minimum Gasteiger partial charge on any atom is -0.508 e. The second kappa shape index (κ2) is 9.90. The van der Waals surface area contributed by atoms with Crippen LogP contribution in [-0.4, -0.2) is 68.2 Å². The molecule has 0 radical (unpaired) electrons. The summed E-state index contributed by atoms with van der Waals surface area (Å²) in [5.74, 6) is -3.20. The number of aromatic hydroxyl groups is 1. The van der Waals surface area contributed by atoms with Crippen LogP contribution in [0.15, 0.2) is 36.3 Å². The van der Waals surface area contributed by atoms with Crippen LogP contribution in [-0.2, 0) is 25.5 Å². The number of nitrogens with one attached hydrogen (secondary N) is 1. The Morgan fingerprint density at radius 2 is 1.72 bits per heavy atom. The maximum absolute atomic E-state index is 12.7. The molecule has 172 valence electrons. The number of aliphatic hydroxyl groups excluding tert-OH is 3. The first-order valence-corrected chi connectivity index (χ1v) is 9.66. The van der Waals surface area contributed by atoms with Crippen molar-refractivity contribution in [1.29, 1.82) is 0 Å². The topological polar surface area (TPSA) is 166 Å². The van der Waals surface area contributed by atoms with Gasteiger partial charge in [0.15, 0.2) is 6.10 Å². The molecule has 0 bridgehead atoms. The van der Waals surface area contributed by atoms with E-state index in [0.717, 1.165) is 12.1 Å².